The predicted molar refractivity (Wildman–Crippen MR) is 214 cm³/mol. The van der Waals surface area contributed by atoms with E-state index < -0.39 is 89.2 Å². The van der Waals surface area contributed by atoms with Crippen molar-refractivity contribution < 1.29 is 52.4 Å². The van der Waals surface area contributed by atoms with Crippen molar-refractivity contribution in [1.29, 1.82) is 0 Å². The fraction of sp³-hybridized carbons (Fsp3) is 0.714. The van der Waals surface area contributed by atoms with E-state index in [4.69, 9.17) is 29.4 Å². The Bertz CT molecular complexity index is 1830. The first kappa shape index (κ1) is 46.0. The van der Waals surface area contributed by atoms with E-state index in [0.29, 0.717) is 37.2 Å². The Balaban J connectivity index is 1.45. The maximum absolute atomic E-state index is 16.8. The molecule has 4 heterocycles. The molecule has 17 heteroatoms. The lowest BCUT2D eigenvalue weighted by Gasteiger charge is -2.46. The molecule has 0 aliphatic carbocycles. The van der Waals surface area contributed by atoms with Gasteiger partial charge in [0, 0.05) is 55.2 Å². The molecule has 1 amide bonds. The van der Waals surface area contributed by atoms with Crippen LogP contribution in [-0.2, 0) is 44.6 Å². The third-order valence-corrected chi connectivity index (χ3v) is 12.7. The Labute approximate surface area is 345 Å². The lowest BCUT2D eigenvalue weighted by molar-refractivity contribution is -0.290. The van der Waals surface area contributed by atoms with E-state index >= 15 is 4.39 Å². The SMILES string of the molecule is CC[C@H]1OC(=O)[C@@](C)(F)C(=O)[C@H](C)[C@@H](O[C@@H]2O[C@H](C)C[C@H](NC)[C@H]2O)[C@@](C)(OC)C[C@@H](C)C(=O)[C@H](C)[C@H]2N(CCCCn3cc(-c4cccc(N)c4)nn3)C(=O)O[C@]12C. The number of ketones is 2. The quantitative estimate of drug-likeness (QED) is 0.125. The number of likely N-dealkylation sites (N-methyl/N-ethyl adjacent to an activating group) is 1. The van der Waals surface area contributed by atoms with Gasteiger partial charge in [-0.15, -0.1) is 5.10 Å². The number of aromatic nitrogens is 3. The van der Waals surface area contributed by atoms with E-state index in [1.54, 1.807) is 52.4 Å². The number of hydrogen-bond acceptors (Lipinski definition) is 14. The number of fused-ring (bicyclic) bond motifs is 1. The molecular formula is C42H63FN6O10. The van der Waals surface area contributed by atoms with Gasteiger partial charge in [0.1, 0.15) is 23.7 Å². The number of methoxy groups -OCH3 is 1. The molecule has 0 saturated carbocycles. The van der Waals surface area contributed by atoms with Crippen LogP contribution in [0.25, 0.3) is 11.3 Å². The maximum atomic E-state index is 16.8. The first-order valence-corrected chi connectivity index (χ1v) is 20.7. The van der Waals surface area contributed by atoms with Gasteiger partial charge in [0.2, 0.25) is 0 Å². The number of aliphatic hydroxyl groups excluding tert-OH is 1. The van der Waals surface area contributed by atoms with Gasteiger partial charge in [0.15, 0.2) is 17.7 Å². The highest BCUT2D eigenvalue weighted by atomic mass is 19.1. The normalized spacial score (nSPS) is 37.5. The fourth-order valence-corrected chi connectivity index (χ4v) is 9.30. The smallest absolute Gasteiger partial charge is 0.410 e. The molecular weight excluding hydrogens is 767 g/mol. The number of carbonyl (C=O) groups is 4. The second-order valence-electron chi connectivity index (χ2n) is 17.2. The van der Waals surface area contributed by atoms with Crippen molar-refractivity contribution in [2.45, 2.75) is 154 Å². The van der Waals surface area contributed by atoms with Crippen LogP contribution < -0.4 is 11.1 Å². The number of aryl methyl sites for hydroxylation is 1. The number of nitrogens with two attached hydrogens (primary N) is 1. The summed E-state index contributed by atoms with van der Waals surface area (Å²) < 4.78 is 48.9. The molecule has 59 heavy (non-hydrogen) atoms. The van der Waals surface area contributed by atoms with Crippen LogP contribution >= 0.6 is 0 Å². The van der Waals surface area contributed by atoms with E-state index in [-0.39, 0.29) is 31.3 Å². The molecule has 16 nitrogen and oxygen atoms in total. The van der Waals surface area contributed by atoms with Gasteiger partial charge in [-0.3, -0.25) is 14.3 Å². The summed E-state index contributed by atoms with van der Waals surface area (Å²) in [4.78, 5) is 58.1. The largest absolute Gasteiger partial charge is 0.455 e. The number of alkyl halides is 1. The molecule has 3 aliphatic rings. The molecule has 0 radical (unpaired) electrons. The molecule has 3 fully saturated rings. The van der Waals surface area contributed by atoms with Crippen LogP contribution in [0.3, 0.4) is 0 Å². The van der Waals surface area contributed by atoms with Crippen LogP contribution in [0.1, 0.15) is 87.5 Å². The van der Waals surface area contributed by atoms with E-state index in [1.807, 2.05) is 31.3 Å². The number of carbonyl (C=O) groups excluding carboxylic acids is 4. The van der Waals surface area contributed by atoms with Gasteiger partial charge in [-0.25, -0.2) is 14.0 Å². The number of nitrogen functional groups attached to an aromatic ring is 1. The van der Waals surface area contributed by atoms with Crippen LogP contribution in [0.2, 0.25) is 0 Å². The highest BCUT2D eigenvalue weighted by molar-refractivity contribution is 6.08. The number of benzene rings is 1. The molecule has 5 rings (SSSR count). The minimum atomic E-state index is -3.18. The summed E-state index contributed by atoms with van der Waals surface area (Å²) >= 11 is 0. The number of amides is 1. The van der Waals surface area contributed by atoms with E-state index in [1.165, 1.54) is 18.9 Å². The van der Waals surface area contributed by atoms with Crippen molar-refractivity contribution in [3.8, 4) is 11.3 Å². The number of hydrogen-bond donors (Lipinski definition) is 3. The topological polar surface area (TPSA) is 207 Å². The summed E-state index contributed by atoms with van der Waals surface area (Å²) in [5.74, 6) is -5.86. The van der Waals surface area contributed by atoms with Crippen LogP contribution in [0.5, 0.6) is 0 Å². The molecule has 1 aromatic carbocycles. The Morgan fingerprint density at radius 1 is 1.07 bits per heavy atom. The zero-order chi connectivity index (χ0) is 43.6. The minimum Gasteiger partial charge on any atom is -0.455 e. The minimum absolute atomic E-state index is 0.0128. The number of rotatable bonds is 11. The number of aliphatic hydroxyl groups is 1. The Kier molecular flexibility index (Phi) is 14.3. The third kappa shape index (κ3) is 9.33. The van der Waals surface area contributed by atoms with Crippen molar-refractivity contribution in [3.63, 3.8) is 0 Å². The summed E-state index contributed by atoms with van der Waals surface area (Å²) in [7, 11) is 3.09. The van der Waals surface area contributed by atoms with E-state index in [9.17, 15) is 24.3 Å². The second kappa shape index (κ2) is 18.3. The Hall–Kier alpha value is -4.03. The Morgan fingerprint density at radius 2 is 1.76 bits per heavy atom. The van der Waals surface area contributed by atoms with E-state index in [2.05, 4.69) is 15.6 Å². The number of unbranched alkanes of at least 4 members (excludes halogenated alkanes) is 1. The summed E-state index contributed by atoms with van der Waals surface area (Å²) in [6, 6.07) is 5.97. The van der Waals surface area contributed by atoms with Crippen molar-refractivity contribution in [3.05, 3.63) is 30.5 Å². The van der Waals surface area contributed by atoms with Crippen molar-refractivity contribution in [2.75, 3.05) is 26.4 Å². The lowest BCUT2D eigenvalue weighted by Crippen LogP contribution is -2.61. The van der Waals surface area contributed by atoms with Crippen LogP contribution in [0.4, 0.5) is 14.9 Å². The summed E-state index contributed by atoms with van der Waals surface area (Å²) in [6.45, 7) is 13.1. The lowest BCUT2D eigenvalue weighted by atomic mass is 9.73. The number of cyclic esters (lactones) is 1. The van der Waals surface area contributed by atoms with Crippen LogP contribution in [0, 0.1) is 17.8 Å². The first-order chi connectivity index (χ1) is 27.7. The molecule has 328 valence electrons. The Morgan fingerprint density at radius 3 is 2.41 bits per heavy atom. The number of nitrogens with one attached hydrogen (secondary N) is 1. The zero-order valence-electron chi connectivity index (χ0n) is 36.0. The monoisotopic (exact) mass is 830 g/mol. The average molecular weight is 831 g/mol. The van der Waals surface area contributed by atoms with Gasteiger partial charge in [-0.05, 0) is 79.0 Å². The fourth-order valence-electron chi connectivity index (χ4n) is 9.30. The van der Waals surface area contributed by atoms with Gasteiger partial charge in [0.25, 0.3) is 5.67 Å². The molecule has 3 saturated heterocycles. The first-order valence-electron chi connectivity index (χ1n) is 20.7. The molecule has 2 aromatic rings. The third-order valence-electron chi connectivity index (χ3n) is 12.7. The number of esters is 1. The van der Waals surface area contributed by atoms with Crippen LogP contribution in [0.15, 0.2) is 30.5 Å². The molecule has 0 bridgehead atoms. The average Bonchev–Trinajstić information content (AvgIpc) is 3.78. The highest BCUT2D eigenvalue weighted by Gasteiger charge is 2.61. The predicted octanol–water partition coefficient (Wildman–Crippen LogP) is 4.26. The summed E-state index contributed by atoms with van der Waals surface area (Å²) in [6.07, 6.45) is -2.62. The number of halogens is 1. The highest BCUT2D eigenvalue weighted by Crippen LogP contribution is 2.43. The van der Waals surface area contributed by atoms with Gasteiger partial charge < -0.3 is 44.7 Å². The molecule has 0 spiro atoms. The summed E-state index contributed by atoms with van der Waals surface area (Å²) in [5, 5.41) is 22.8. The van der Waals surface area contributed by atoms with Crippen LogP contribution in [-0.4, -0.2) is 129 Å². The van der Waals surface area contributed by atoms with Gasteiger partial charge in [-0.1, -0.05) is 45.0 Å². The maximum Gasteiger partial charge on any atom is 0.410 e. The number of nitrogens with zero attached hydrogens (tertiary/aromatic N) is 4. The van der Waals surface area contributed by atoms with Gasteiger partial charge in [0.05, 0.1) is 30.0 Å². The van der Waals surface area contributed by atoms with Gasteiger partial charge >= 0.3 is 12.1 Å². The molecule has 13 atom stereocenters. The van der Waals surface area contributed by atoms with Crippen molar-refractivity contribution >= 4 is 29.3 Å². The van der Waals surface area contributed by atoms with E-state index in [0.717, 1.165) is 12.5 Å². The molecule has 0 unspecified atom stereocenters. The zero-order valence-corrected chi connectivity index (χ0v) is 36.0. The number of ether oxygens (including phenoxy) is 5. The standard InChI is InChI=1S/C42H63FN6O10/c1-11-31-42(8)34(49(39(54)59-42)18-13-12-17-48-22-30(46-47-48)27-15-14-16-28(44)20-27)25(4)32(50)23(2)21-40(6,55-10)36(26(5)35(52)41(7,43)38(53)57-31)58-37-33(51)29(45-9)19-24(3)56-37/h14-16,20,22-26,29,31,33-34,36-37,45,51H,11-13,17-19,21,44H2,1-10H3/t23-,24-,25+,26+,29+,31-,33-,34-,36-,37+,40+,41+,42-/m1/s1. The van der Waals surface area contributed by atoms with Gasteiger partial charge in [-0.2, -0.15) is 0 Å². The van der Waals surface area contributed by atoms with Crippen molar-refractivity contribution in [2.24, 2.45) is 17.8 Å². The number of Topliss-reactive ketones (excluding diaryl/α,β-unsaturated/α-hetero) is 2. The molecule has 3 aliphatic heterocycles. The number of anilines is 1. The summed E-state index contributed by atoms with van der Waals surface area (Å²) in [5.41, 5.74) is 1.79. The van der Waals surface area contributed by atoms with Crippen molar-refractivity contribution in [1.82, 2.24) is 25.2 Å². The molecule has 1 aromatic heterocycles. The second-order valence-corrected chi connectivity index (χ2v) is 17.2. The molecule has 4 N–H and O–H groups in total.